The molecule has 0 aromatic heterocycles. The lowest BCUT2D eigenvalue weighted by atomic mass is 9.81. The van der Waals surface area contributed by atoms with E-state index in [0.717, 1.165) is 19.3 Å². The van der Waals surface area contributed by atoms with E-state index in [2.05, 4.69) is 10.6 Å². The molecule has 1 saturated carbocycles. The van der Waals surface area contributed by atoms with Crippen molar-refractivity contribution in [1.82, 2.24) is 10.6 Å². The lowest BCUT2D eigenvalue weighted by Crippen LogP contribution is -2.55. The van der Waals surface area contributed by atoms with Gasteiger partial charge in [-0.15, -0.1) is 0 Å². The van der Waals surface area contributed by atoms with Crippen molar-refractivity contribution in [3.8, 4) is 0 Å². The predicted octanol–water partition coefficient (Wildman–Crippen LogP) is 0.416. The standard InChI is InChI=1S/C12H20N2O4/c1-9(15)13-8-5-10(16)14-12(11(17)18)6-3-2-4-7-12/h2-8H2,1H3,(H,13,15)(H,14,16)(H,17,18). The van der Waals surface area contributed by atoms with E-state index in [9.17, 15) is 19.5 Å². The summed E-state index contributed by atoms with van der Waals surface area (Å²) in [7, 11) is 0. The first-order valence-corrected chi connectivity index (χ1v) is 6.25. The SMILES string of the molecule is CC(=O)NCCC(=O)NC1(C(=O)O)CCCCC1. The molecule has 102 valence electrons. The molecule has 0 aromatic carbocycles. The van der Waals surface area contributed by atoms with Crippen LogP contribution in [-0.4, -0.2) is 35.0 Å². The Kier molecular flexibility index (Phi) is 5.12. The van der Waals surface area contributed by atoms with E-state index in [1.54, 1.807) is 0 Å². The predicted molar refractivity (Wildman–Crippen MR) is 64.9 cm³/mol. The van der Waals surface area contributed by atoms with E-state index < -0.39 is 11.5 Å². The number of carbonyl (C=O) groups is 3. The Bertz CT molecular complexity index is 335. The van der Waals surface area contributed by atoms with Crippen LogP contribution >= 0.6 is 0 Å². The van der Waals surface area contributed by atoms with Crippen molar-refractivity contribution < 1.29 is 19.5 Å². The third-order valence-corrected chi connectivity index (χ3v) is 3.22. The molecule has 6 nitrogen and oxygen atoms in total. The van der Waals surface area contributed by atoms with Gasteiger partial charge in [-0.1, -0.05) is 19.3 Å². The molecule has 1 aliphatic carbocycles. The third-order valence-electron chi connectivity index (χ3n) is 3.22. The van der Waals surface area contributed by atoms with Crippen LogP contribution in [0.3, 0.4) is 0 Å². The summed E-state index contributed by atoms with van der Waals surface area (Å²) in [4.78, 5) is 33.6. The maximum Gasteiger partial charge on any atom is 0.329 e. The molecular formula is C12H20N2O4. The van der Waals surface area contributed by atoms with Crippen LogP contribution in [0.15, 0.2) is 0 Å². The second-order valence-corrected chi connectivity index (χ2v) is 4.73. The minimum absolute atomic E-state index is 0.106. The lowest BCUT2D eigenvalue weighted by molar-refractivity contribution is -0.149. The molecule has 1 aliphatic rings. The summed E-state index contributed by atoms with van der Waals surface area (Å²) < 4.78 is 0. The van der Waals surface area contributed by atoms with E-state index >= 15 is 0 Å². The van der Waals surface area contributed by atoms with Crippen LogP contribution in [0.5, 0.6) is 0 Å². The lowest BCUT2D eigenvalue weighted by Gasteiger charge is -2.34. The first kappa shape index (κ1) is 14.5. The van der Waals surface area contributed by atoms with Gasteiger partial charge in [0.15, 0.2) is 0 Å². The van der Waals surface area contributed by atoms with Gasteiger partial charge < -0.3 is 15.7 Å². The molecule has 0 atom stereocenters. The van der Waals surface area contributed by atoms with E-state index in [-0.39, 0.29) is 24.8 Å². The van der Waals surface area contributed by atoms with Crippen LogP contribution in [0, 0.1) is 0 Å². The molecule has 2 amide bonds. The highest BCUT2D eigenvalue weighted by Gasteiger charge is 2.40. The molecule has 1 fully saturated rings. The number of hydrogen-bond donors (Lipinski definition) is 3. The van der Waals surface area contributed by atoms with Crippen LogP contribution < -0.4 is 10.6 Å². The molecular weight excluding hydrogens is 236 g/mol. The van der Waals surface area contributed by atoms with Crippen LogP contribution in [-0.2, 0) is 14.4 Å². The highest BCUT2D eigenvalue weighted by atomic mass is 16.4. The maximum absolute atomic E-state index is 11.7. The highest BCUT2D eigenvalue weighted by molar-refractivity contribution is 5.87. The molecule has 0 spiro atoms. The second kappa shape index (κ2) is 6.37. The molecule has 0 heterocycles. The fourth-order valence-corrected chi connectivity index (χ4v) is 2.23. The second-order valence-electron chi connectivity index (χ2n) is 4.73. The summed E-state index contributed by atoms with van der Waals surface area (Å²) in [5.41, 5.74) is -1.11. The van der Waals surface area contributed by atoms with Gasteiger partial charge in [0.25, 0.3) is 0 Å². The summed E-state index contributed by atoms with van der Waals surface area (Å²) in [5.74, 6) is -1.49. The van der Waals surface area contributed by atoms with Crippen LogP contribution in [0.4, 0.5) is 0 Å². The Balaban J connectivity index is 2.48. The summed E-state index contributed by atoms with van der Waals surface area (Å²) in [6.07, 6.45) is 3.71. The van der Waals surface area contributed by atoms with Crippen LogP contribution in [0.1, 0.15) is 45.4 Å². The molecule has 18 heavy (non-hydrogen) atoms. The van der Waals surface area contributed by atoms with Crippen molar-refractivity contribution >= 4 is 17.8 Å². The van der Waals surface area contributed by atoms with E-state index in [1.807, 2.05) is 0 Å². The summed E-state index contributed by atoms with van der Waals surface area (Å²) in [6, 6.07) is 0. The number of aliphatic carboxylic acids is 1. The van der Waals surface area contributed by atoms with Crippen LogP contribution in [0.25, 0.3) is 0 Å². The van der Waals surface area contributed by atoms with Crippen molar-refractivity contribution in [1.29, 1.82) is 0 Å². The Hall–Kier alpha value is -1.59. The summed E-state index contributed by atoms with van der Waals surface area (Å²) >= 11 is 0. The quantitative estimate of drug-likeness (QED) is 0.664. The first-order chi connectivity index (χ1) is 8.46. The van der Waals surface area contributed by atoms with Crippen molar-refractivity contribution in [2.75, 3.05) is 6.54 Å². The van der Waals surface area contributed by atoms with Gasteiger partial charge in [-0.2, -0.15) is 0 Å². The van der Waals surface area contributed by atoms with Crippen molar-refractivity contribution in [2.45, 2.75) is 51.0 Å². The number of rotatable bonds is 5. The smallest absolute Gasteiger partial charge is 0.329 e. The maximum atomic E-state index is 11.7. The molecule has 0 bridgehead atoms. The zero-order valence-corrected chi connectivity index (χ0v) is 10.6. The molecule has 0 aromatic rings. The normalized spacial score (nSPS) is 17.8. The van der Waals surface area contributed by atoms with Crippen molar-refractivity contribution in [3.63, 3.8) is 0 Å². The van der Waals surface area contributed by atoms with Crippen molar-refractivity contribution in [2.24, 2.45) is 0 Å². The van der Waals surface area contributed by atoms with Crippen LogP contribution in [0.2, 0.25) is 0 Å². The summed E-state index contributed by atoms with van der Waals surface area (Å²) in [6.45, 7) is 1.61. The molecule has 6 heteroatoms. The number of amides is 2. The largest absolute Gasteiger partial charge is 0.480 e. The number of carboxylic acids is 1. The average Bonchev–Trinajstić information content (AvgIpc) is 2.29. The fraction of sp³-hybridized carbons (Fsp3) is 0.750. The van der Waals surface area contributed by atoms with Crippen molar-refractivity contribution in [3.05, 3.63) is 0 Å². The van der Waals surface area contributed by atoms with Gasteiger partial charge in [-0.3, -0.25) is 9.59 Å². The van der Waals surface area contributed by atoms with Gasteiger partial charge >= 0.3 is 5.97 Å². The minimum atomic E-state index is -1.11. The first-order valence-electron chi connectivity index (χ1n) is 6.25. The molecule has 1 rings (SSSR count). The highest BCUT2D eigenvalue weighted by Crippen LogP contribution is 2.28. The molecule has 0 unspecified atom stereocenters. The molecule has 0 radical (unpaired) electrons. The van der Waals surface area contributed by atoms with Gasteiger partial charge in [-0.25, -0.2) is 4.79 Å². The Morgan fingerprint density at radius 3 is 2.28 bits per heavy atom. The molecule has 0 aliphatic heterocycles. The monoisotopic (exact) mass is 256 g/mol. The fourth-order valence-electron chi connectivity index (χ4n) is 2.23. The van der Waals surface area contributed by atoms with E-state index in [4.69, 9.17) is 0 Å². The minimum Gasteiger partial charge on any atom is -0.480 e. The Morgan fingerprint density at radius 1 is 1.17 bits per heavy atom. The number of hydrogen-bond acceptors (Lipinski definition) is 3. The van der Waals surface area contributed by atoms with Gasteiger partial charge in [0, 0.05) is 19.9 Å². The van der Waals surface area contributed by atoms with Gasteiger partial charge in [-0.05, 0) is 12.8 Å². The Morgan fingerprint density at radius 2 is 1.78 bits per heavy atom. The number of carboxylic acid groups (broad SMARTS) is 1. The third kappa shape index (κ3) is 4.01. The Labute approximate surface area is 106 Å². The van der Waals surface area contributed by atoms with E-state index in [1.165, 1.54) is 6.92 Å². The average molecular weight is 256 g/mol. The zero-order chi connectivity index (χ0) is 13.6. The molecule has 3 N–H and O–H groups in total. The van der Waals surface area contributed by atoms with Gasteiger partial charge in [0.05, 0.1) is 0 Å². The number of carbonyl (C=O) groups excluding carboxylic acids is 2. The van der Waals surface area contributed by atoms with E-state index in [0.29, 0.717) is 12.8 Å². The topological polar surface area (TPSA) is 95.5 Å². The molecule has 0 saturated heterocycles. The van der Waals surface area contributed by atoms with Gasteiger partial charge in [0.1, 0.15) is 5.54 Å². The van der Waals surface area contributed by atoms with Gasteiger partial charge in [0.2, 0.25) is 11.8 Å². The zero-order valence-electron chi connectivity index (χ0n) is 10.6. The number of nitrogens with one attached hydrogen (secondary N) is 2. The summed E-state index contributed by atoms with van der Waals surface area (Å²) in [5, 5.41) is 14.4.